The molecule has 2 heterocycles. The standard InChI is InChI=1S/C19H19ClN2OS/c20-14-7-5-13(6-8-14)12-21-19(23)17-11-18-16(9-10-24-18)22(17)15-3-1-2-4-15/h5-11,15H,1-4,12H2,(H,21,23). The summed E-state index contributed by atoms with van der Waals surface area (Å²) in [6.45, 7) is 0.513. The molecule has 0 atom stereocenters. The molecule has 1 aromatic carbocycles. The van der Waals surface area contributed by atoms with Gasteiger partial charge in [-0.05, 0) is 48.1 Å². The number of nitrogens with one attached hydrogen (secondary N) is 1. The molecule has 0 radical (unpaired) electrons. The van der Waals surface area contributed by atoms with Crippen molar-refractivity contribution in [2.24, 2.45) is 0 Å². The van der Waals surface area contributed by atoms with Gasteiger partial charge in [0.1, 0.15) is 5.69 Å². The normalized spacial score (nSPS) is 15.2. The Morgan fingerprint density at radius 1 is 1.21 bits per heavy atom. The van der Waals surface area contributed by atoms with Gasteiger partial charge < -0.3 is 9.88 Å². The number of carbonyl (C=O) groups excluding carboxylic acids is 1. The molecule has 1 fully saturated rings. The molecule has 1 saturated carbocycles. The quantitative estimate of drug-likeness (QED) is 0.665. The molecule has 1 amide bonds. The molecule has 0 aliphatic heterocycles. The number of carbonyl (C=O) groups is 1. The largest absolute Gasteiger partial charge is 0.347 e. The Balaban J connectivity index is 1.58. The maximum atomic E-state index is 12.8. The van der Waals surface area contributed by atoms with Crippen LogP contribution in [-0.2, 0) is 6.54 Å². The highest BCUT2D eigenvalue weighted by molar-refractivity contribution is 7.17. The molecule has 124 valence electrons. The number of hydrogen-bond acceptors (Lipinski definition) is 2. The average Bonchev–Trinajstić information content (AvgIpc) is 3.30. The van der Waals surface area contributed by atoms with Crippen molar-refractivity contribution in [3.05, 3.63) is 58.1 Å². The second-order valence-corrected chi connectivity index (χ2v) is 7.70. The third-order valence-electron chi connectivity index (χ3n) is 4.75. The number of benzene rings is 1. The molecule has 1 aliphatic rings. The fraction of sp³-hybridized carbons (Fsp3) is 0.316. The van der Waals surface area contributed by atoms with E-state index in [0.717, 1.165) is 24.1 Å². The van der Waals surface area contributed by atoms with Crippen molar-refractivity contribution in [2.45, 2.75) is 38.3 Å². The molecule has 1 aliphatic carbocycles. The van der Waals surface area contributed by atoms with Crippen molar-refractivity contribution < 1.29 is 4.79 Å². The van der Waals surface area contributed by atoms with Gasteiger partial charge in [0, 0.05) is 17.6 Å². The van der Waals surface area contributed by atoms with Gasteiger partial charge in [0.25, 0.3) is 5.91 Å². The molecule has 0 saturated heterocycles. The van der Waals surface area contributed by atoms with Crippen LogP contribution in [0.1, 0.15) is 47.8 Å². The molecule has 3 nitrogen and oxygen atoms in total. The van der Waals surface area contributed by atoms with E-state index in [0.29, 0.717) is 17.6 Å². The van der Waals surface area contributed by atoms with Crippen LogP contribution in [0.25, 0.3) is 10.2 Å². The van der Waals surface area contributed by atoms with E-state index in [4.69, 9.17) is 11.6 Å². The Bertz CT molecular complexity index is 859. The van der Waals surface area contributed by atoms with Gasteiger partial charge in [-0.15, -0.1) is 11.3 Å². The lowest BCUT2D eigenvalue weighted by atomic mass is 10.2. The molecular weight excluding hydrogens is 340 g/mol. The summed E-state index contributed by atoms with van der Waals surface area (Å²) < 4.78 is 3.45. The van der Waals surface area contributed by atoms with Crippen LogP contribution in [0.2, 0.25) is 5.02 Å². The number of hydrogen-bond donors (Lipinski definition) is 1. The number of rotatable bonds is 4. The van der Waals surface area contributed by atoms with Crippen LogP contribution >= 0.6 is 22.9 Å². The fourth-order valence-corrected chi connectivity index (χ4v) is 4.49. The van der Waals surface area contributed by atoms with E-state index in [1.165, 1.54) is 23.1 Å². The van der Waals surface area contributed by atoms with Gasteiger partial charge in [-0.3, -0.25) is 4.79 Å². The SMILES string of the molecule is O=C(NCc1ccc(Cl)cc1)c1cc2sccc2n1C1CCCC1. The molecule has 1 N–H and O–H groups in total. The minimum absolute atomic E-state index is 0.000231. The first-order chi connectivity index (χ1) is 11.7. The zero-order chi connectivity index (χ0) is 16.5. The van der Waals surface area contributed by atoms with Gasteiger partial charge >= 0.3 is 0 Å². The zero-order valence-corrected chi connectivity index (χ0v) is 14.9. The first-order valence-electron chi connectivity index (χ1n) is 8.33. The summed E-state index contributed by atoms with van der Waals surface area (Å²) >= 11 is 7.61. The van der Waals surface area contributed by atoms with Crippen LogP contribution in [0.5, 0.6) is 0 Å². The van der Waals surface area contributed by atoms with Crippen molar-refractivity contribution in [3.8, 4) is 0 Å². The highest BCUT2D eigenvalue weighted by Crippen LogP contribution is 2.36. The van der Waals surface area contributed by atoms with Crippen molar-refractivity contribution in [1.82, 2.24) is 9.88 Å². The van der Waals surface area contributed by atoms with Crippen molar-refractivity contribution >= 4 is 39.1 Å². The smallest absolute Gasteiger partial charge is 0.268 e. The van der Waals surface area contributed by atoms with Gasteiger partial charge in [-0.2, -0.15) is 0 Å². The van der Waals surface area contributed by atoms with E-state index in [1.54, 1.807) is 11.3 Å². The lowest BCUT2D eigenvalue weighted by Crippen LogP contribution is -2.26. The van der Waals surface area contributed by atoms with E-state index >= 15 is 0 Å². The summed E-state index contributed by atoms with van der Waals surface area (Å²) in [5, 5.41) is 5.86. The van der Waals surface area contributed by atoms with Gasteiger partial charge in [0.05, 0.1) is 10.2 Å². The van der Waals surface area contributed by atoms with Crippen LogP contribution in [0.3, 0.4) is 0 Å². The van der Waals surface area contributed by atoms with Crippen molar-refractivity contribution in [1.29, 1.82) is 0 Å². The molecule has 3 aromatic rings. The zero-order valence-electron chi connectivity index (χ0n) is 13.3. The molecule has 0 spiro atoms. The second kappa shape index (κ2) is 6.61. The molecule has 5 heteroatoms. The van der Waals surface area contributed by atoms with Gasteiger partial charge in [-0.1, -0.05) is 36.6 Å². The van der Waals surface area contributed by atoms with Crippen LogP contribution < -0.4 is 5.32 Å². The first-order valence-corrected chi connectivity index (χ1v) is 9.59. The van der Waals surface area contributed by atoms with Gasteiger partial charge in [0.2, 0.25) is 0 Å². The predicted octanol–water partition coefficient (Wildman–Crippen LogP) is 5.40. The highest BCUT2D eigenvalue weighted by Gasteiger charge is 2.24. The summed E-state index contributed by atoms with van der Waals surface area (Å²) in [6, 6.07) is 12.2. The Labute approximate surface area is 150 Å². The maximum Gasteiger partial charge on any atom is 0.268 e. The number of nitrogens with zero attached hydrogens (tertiary/aromatic N) is 1. The van der Waals surface area contributed by atoms with Crippen LogP contribution in [0, 0.1) is 0 Å². The second-order valence-electron chi connectivity index (χ2n) is 6.32. The average molecular weight is 359 g/mol. The minimum Gasteiger partial charge on any atom is -0.347 e. The number of halogens is 1. The van der Waals surface area contributed by atoms with E-state index in [-0.39, 0.29) is 5.91 Å². The summed E-state index contributed by atoms with van der Waals surface area (Å²) in [5.74, 6) is 0.000231. The van der Waals surface area contributed by atoms with E-state index in [9.17, 15) is 4.79 Å². The molecule has 24 heavy (non-hydrogen) atoms. The summed E-state index contributed by atoms with van der Waals surface area (Å²) in [6.07, 6.45) is 4.83. The third kappa shape index (κ3) is 2.96. The van der Waals surface area contributed by atoms with Crippen LogP contribution in [0.4, 0.5) is 0 Å². The maximum absolute atomic E-state index is 12.8. The lowest BCUT2D eigenvalue weighted by Gasteiger charge is -2.17. The van der Waals surface area contributed by atoms with Crippen LogP contribution in [0.15, 0.2) is 41.8 Å². The van der Waals surface area contributed by atoms with E-state index in [1.807, 2.05) is 30.3 Å². The predicted molar refractivity (Wildman–Crippen MR) is 99.9 cm³/mol. The third-order valence-corrected chi connectivity index (χ3v) is 5.85. The Kier molecular flexibility index (Phi) is 4.33. The van der Waals surface area contributed by atoms with E-state index in [2.05, 4.69) is 21.3 Å². The number of aromatic nitrogens is 1. The first kappa shape index (κ1) is 15.7. The van der Waals surface area contributed by atoms with E-state index < -0.39 is 0 Å². The molecule has 0 unspecified atom stereocenters. The summed E-state index contributed by atoms with van der Waals surface area (Å²) in [7, 11) is 0. The Hall–Kier alpha value is -1.78. The molecule has 0 bridgehead atoms. The summed E-state index contributed by atoms with van der Waals surface area (Å²) in [4.78, 5) is 12.8. The Morgan fingerprint density at radius 3 is 2.71 bits per heavy atom. The molecular formula is C19H19ClN2OS. The van der Waals surface area contributed by atoms with Gasteiger partial charge in [0.15, 0.2) is 0 Å². The van der Waals surface area contributed by atoms with Crippen molar-refractivity contribution in [2.75, 3.05) is 0 Å². The van der Waals surface area contributed by atoms with Crippen molar-refractivity contribution in [3.63, 3.8) is 0 Å². The lowest BCUT2D eigenvalue weighted by molar-refractivity contribution is 0.0940. The number of fused-ring (bicyclic) bond motifs is 1. The number of thiophene rings is 1. The Morgan fingerprint density at radius 2 is 1.96 bits per heavy atom. The molecule has 4 rings (SSSR count). The van der Waals surface area contributed by atoms with Crippen LogP contribution in [-0.4, -0.2) is 10.5 Å². The van der Waals surface area contributed by atoms with Gasteiger partial charge in [-0.25, -0.2) is 0 Å². The summed E-state index contributed by atoms with van der Waals surface area (Å²) in [5.41, 5.74) is 3.04. The monoisotopic (exact) mass is 358 g/mol. The highest BCUT2D eigenvalue weighted by atomic mass is 35.5. The fourth-order valence-electron chi connectivity index (χ4n) is 3.55. The topological polar surface area (TPSA) is 34.0 Å². The minimum atomic E-state index is 0.000231. The molecule has 2 aromatic heterocycles. The number of amides is 1.